The molecule has 0 aliphatic heterocycles. The Kier molecular flexibility index (Phi) is 9.27. The molecule has 3 rings (SSSR count). The number of anilines is 1. The van der Waals surface area contributed by atoms with E-state index in [-0.39, 0.29) is 11.4 Å². The van der Waals surface area contributed by atoms with Crippen LogP contribution in [0.15, 0.2) is 77.7 Å². The van der Waals surface area contributed by atoms with Gasteiger partial charge in [0, 0.05) is 23.1 Å². The fourth-order valence-corrected chi connectivity index (χ4v) is 5.76. The van der Waals surface area contributed by atoms with E-state index in [0.717, 1.165) is 10.1 Å². The summed E-state index contributed by atoms with van der Waals surface area (Å²) in [6.07, 6.45) is 0. The molecule has 0 aromatic heterocycles. The standard InChI is InChI=1S/C25H27ClN2O4S2/c1-19-6-3-4-7-20(19)18-33-15-14-27-25(29)17-28(22-9-5-8-21(26)16-22)34(30,31)24-12-10-23(32-2)11-13-24/h3-13,16H,14-15,17-18H2,1-2H3,(H,27,29). The van der Waals surface area contributed by atoms with Crippen LogP contribution >= 0.6 is 23.4 Å². The highest BCUT2D eigenvalue weighted by molar-refractivity contribution is 7.98. The summed E-state index contributed by atoms with van der Waals surface area (Å²) in [5.41, 5.74) is 2.81. The van der Waals surface area contributed by atoms with Crippen LogP contribution in [0.4, 0.5) is 5.69 Å². The van der Waals surface area contributed by atoms with Crippen molar-refractivity contribution in [1.29, 1.82) is 0 Å². The van der Waals surface area contributed by atoms with Crippen LogP contribution in [0.1, 0.15) is 11.1 Å². The van der Waals surface area contributed by atoms with Crippen molar-refractivity contribution in [3.63, 3.8) is 0 Å². The van der Waals surface area contributed by atoms with Gasteiger partial charge in [-0.1, -0.05) is 41.9 Å². The number of benzene rings is 3. The molecule has 1 amide bonds. The number of rotatable bonds is 11. The number of ether oxygens (including phenoxy) is 1. The lowest BCUT2D eigenvalue weighted by Crippen LogP contribution is -2.41. The second-order valence-corrected chi connectivity index (χ2v) is 10.9. The average Bonchev–Trinajstić information content (AvgIpc) is 2.83. The molecule has 3 aromatic rings. The molecule has 0 atom stereocenters. The third-order valence-corrected chi connectivity index (χ3v) is 8.15. The number of amides is 1. The van der Waals surface area contributed by atoms with Crippen LogP contribution in [0.2, 0.25) is 5.02 Å². The van der Waals surface area contributed by atoms with E-state index in [0.29, 0.717) is 28.8 Å². The number of halogens is 1. The van der Waals surface area contributed by atoms with Gasteiger partial charge in [0.15, 0.2) is 0 Å². The predicted molar refractivity (Wildman–Crippen MR) is 139 cm³/mol. The number of nitrogens with zero attached hydrogens (tertiary/aromatic N) is 1. The number of nitrogens with one attached hydrogen (secondary N) is 1. The second-order valence-electron chi connectivity index (χ2n) is 7.50. The van der Waals surface area contributed by atoms with Crippen molar-refractivity contribution in [2.24, 2.45) is 0 Å². The molecule has 0 bridgehead atoms. The molecule has 0 aliphatic rings. The van der Waals surface area contributed by atoms with Crippen molar-refractivity contribution < 1.29 is 17.9 Å². The van der Waals surface area contributed by atoms with Gasteiger partial charge in [0.25, 0.3) is 10.0 Å². The Morgan fingerprint density at radius 2 is 1.79 bits per heavy atom. The normalized spacial score (nSPS) is 11.1. The number of hydrogen-bond donors (Lipinski definition) is 1. The first-order valence-electron chi connectivity index (χ1n) is 10.6. The van der Waals surface area contributed by atoms with Crippen LogP contribution in [0.3, 0.4) is 0 Å². The Hall–Kier alpha value is -2.68. The van der Waals surface area contributed by atoms with E-state index in [2.05, 4.69) is 24.4 Å². The van der Waals surface area contributed by atoms with Gasteiger partial charge in [-0.25, -0.2) is 8.42 Å². The quantitative estimate of drug-likeness (QED) is 0.365. The van der Waals surface area contributed by atoms with Gasteiger partial charge < -0.3 is 10.1 Å². The number of carbonyl (C=O) groups is 1. The first kappa shape index (κ1) is 25.9. The monoisotopic (exact) mass is 518 g/mol. The van der Waals surface area contributed by atoms with E-state index in [1.807, 2.05) is 12.1 Å². The third kappa shape index (κ3) is 6.91. The van der Waals surface area contributed by atoms with Crippen LogP contribution in [0.25, 0.3) is 0 Å². The second kappa shape index (κ2) is 12.1. The molecule has 0 unspecified atom stereocenters. The fourth-order valence-electron chi connectivity index (χ4n) is 3.22. The molecule has 0 spiro atoms. The maximum Gasteiger partial charge on any atom is 0.264 e. The highest BCUT2D eigenvalue weighted by atomic mass is 35.5. The van der Waals surface area contributed by atoms with Crippen molar-refractivity contribution in [2.45, 2.75) is 17.6 Å². The summed E-state index contributed by atoms with van der Waals surface area (Å²) < 4.78 is 33.0. The zero-order valence-electron chi connectivity index (χ0n) is 19.0. The first-order valence-corrected chi connectivity index (χ1v) is 13.6. The Labute approximate surface area is 210 Å². The summed E-state index contributed by atoms with van der Waals surface area (Å²) in [4.78, 5) is 12.7. The van der Waals surface area contributed by atoms with E-state index in [1.165, 1.54) is 36.4 Å². The molecule has 0 fully saturated rings. The van der Waals surface area contributed by atoms with Crippen molar-refractivity contribution in [3.05, 3.63) is 88.9 Å². The van der Waals surface area contributed by atoms with Gasteiger partial charge in [-0.05, 0) is 60.5 Å². The molecule has 1 N–H and O–H groups in total. The van der Waals surface area contributed by atoms with Crippen molar-refractivity contribution in [1.82, 2.24) is 5.32 Å². The highest BCUT2D eigenvalue weighted by Gasteiger charge is 2.27. The minimum absolute atomic E-state index is 0.0508. The van der Waals surface area contributed by atoms with Gasteiger partial charge >= 0.3 is 0 Å². The molecule has 180 valence electrons. The summed E-state index contributed by atoms with van der Waals surface area (Å²) in [7, 11) is -2.51. The lowest BCUT2D eigenvalue weighted by molar-refractivity contribution is -0.119. The van der Waals surface area contributed by atoms with Crippen LogP contribution < -0.4 is 14.4 Å². The van der Waals surface area contributed by atoms with E-state index >= 15 is 0 Å². The van der Waals surface area contributed by atoms with E-state index in [4.69, 9.17) is 16.3 Å². The number of methoxy groups -OCH3 is 1. The molecule has 9 heteroatoms. The molecule has 0 radical (unpaired) electrons. The SMILES string of the molecule is COc1ccc(S(=O)(=O)N(CC(=O)NCCSCc2ccccc2C)c2cccc(Cl)c2)cc1. The van der Waals surface area contributed by atoms with E-state index in [1.54, 1.807) is 42.1 Å². The first-order chi connectivity index (χ1) is 16.3. The van der Waals surface area contributed by atoms with Crippen LogP contribution in [0.5, 0.6) is 5.75 Å². The summed E-state index contributed by atoms with van der Waals surface area (Å²) >= 11 is 7.81. The predicted octanol–water partition coefficient (Wildman–Crippen LogP) is 4.90. The zero-order chi connectivity index (χ0) is 24.6. The summed E-state index contributed by atoms with van der Waals surface area (Å²) in [6, 6.07) is 20.6. The molecule has 34 heavy (non-hydrogen) atoms. The Morgan fingerprint density at radius 3 is 2.47 bits per heavy atom. The molecule has 6 nitrogen and oxygen atoms in total. The molecule has 0 saturated carbocycles. The number of hydrogen-bond acceptors (Lipinski definition) is 5. The fraction of sp³-hybridized carbons (Fsp3) is 0.240. The Morgan fingerprint density at radius 1 is 1.06 bits per heavy atom. The molecular weight excluding hydrogens is 492 g/mol. The topological polar surface area (TPSA) is 75.7 Å². The highest BCUT2D eigenvalue weighted by Crippen LogP contribution is 2.27. The molecular formula is C25H27ClN2O4S2. The van der Waals surface area contributed by atoms with Crippen LogP contribution in [-0.4, -0.2) is 40.3 Å². The molecule has 0 heterocycles. The van der Waals surface area contributed by atoms with Crippen molar-refractivity contribution in [3.8, 4) is 5.75 Å². The van der Waals surface area contributed by atoms with Gasteiger partial charge in [-0.15, -0.1) is 0 Å². The smallest absolute Gasteiger partial charge is 0.264 e. The van der Waals surface area contributed by atoms with Gasteiger partial charge in [0.2, 0.25) is 5.91 Å². The van der Waals surface area contributed by atoms with Crippen molar-refractivity contribution in [2.75, 3.05) is 30.3 Å². The molecule has 0 aliphatic carbocycles. The maximum atomic E-state index is 13.4. The lowest BCUT2D eigenvalue weighted by atomic mass is 10.1. The summed E-state index contributed by atoms with van der Waals surface area (Å²) in [6.45, 7) is 2.14. The number of aryl methyl sites for hydroxylation is 1. The van der Waals surface area contributed by atoms with E-state index in [9.17, 15) is 13.2 Å². The van der Waals surface area contributed by atoms with Crippen molar-refractivity contribution >= 4 is 45.0 Å². The third-order valence-electron chi connectivity index (χ3n) is 5.12. The van der Waals surface area contributed by atoms with E-state index < -0.39 is 15.9 Å². The zero-order valence-corrected chi connectivity index (χ0v) is 21.4. The van der Waals surface area contributed by atoms with Crippen LogP contribution in [-0.2, 0) is 20.6 Å². The maximum absolute atomic E-state index is 13.4. The largest absolute Gasteiger partial charge is 0.497 e. The van der Waals surface area contributed by atoms with Crippen LogP contribution in [0, 0.1) is 6.92 Å². The van der Waals surface area contributed by atoms with Gasteiger partial charge in [0.05, 0.1) is 17.7 Å². The number of carbonyl (C=O) groups excluding carboxylic acids is 1. The minimum atomic E-state index is -4.01. The van der Waals surface area contributed by atoms with Gasteiger partial charge in [-0.3, -0.25) is 9.10 Å². The Balaban J connectivity index is 1.66. The molecule has 3 aromatic carbocycles. The number of sulfonamides is 1. The summed E-state index contributed by atoms with van der Waals surface area (Å²) in [5, 5.41) is 3.20. The summed E-state index contributed by atoms with van der Waals surface area (Å²) in [5.74, 6) is 1.70. The minimum Gasteiger partial charge on any atom is -0.497 e. The van der Waals surface area contributed by atoms with Gasteiger partial charge in [0.1, 0.15) is 12.3 Å². The lowest BCUT2D eigenvalue weighted by Gasteiger charge is -2.24. The molecule has 0 saturated heterocycles. The Bertz CT molecular complexity index is 1220. The number of thioether (sulfide) groups is 1. The average molecular weight is 519 g/mol. The van der Waals surface area contributed by atoms with Gasteiger partial charge in [-0.2, -0.15) is 11.8 Å².